The van der Waals surface area contributed by atoms with E-state index in [-0.39, 0.29) is 5.91 Å². The van der Waals surface area contributed by atoms with E-state index in [0.29, 0.717) is 0 Å². The van der Waals surface area contributed by atoms with Crippen molar-refractivity contribution in [3.8, 4) is 5.75 Å². The molecular weight excluding hydrogens is 324 g/mol. The van der Waals surface area contributed by atoms with E-state index in [1.165, 1.54) is 5.56 Å². The molecule has 0 saturated carbocycles. The van der Waals surface area contributed by atoms with Gasteiger partial charge >= 0.3 is 0 Å². The first-order valence-corrected chi connectivity index (χ1v) is 8.49. The summed E-state index contributed by atoms with van der Waals surface area (Å²) in [6, 6.07) is 24.5. The minimum absolute atomic E-state index is 0.123. The summed E-state index contributed by atoms with van der Waals surface area (Å²) in [7, 11) is 1.62. The van der Waals surface area contributed by atoms with Crippen molar-refractivity contribution in [2.75, 3.05) is 17.7 Å². The molecule has 0 aromatic heterocycles. The SMILES string of the molecule is COc1ccc(NC(=O)C(Nc2ccc(C)cc2)c2ccccc2)cc1. The molecule has 1 unspecified atom stereocenters. The Morgan fingerprint density at radius 1 is 0.846 bits per heavy atom. The maximum Gasteiger partial charge on any atom is 0.251 e. The van der Waals surface area contributed by atoms with Gasteiger partial charge in [-0.15, -0.1) is 0 Å². The standard InChI is InChI=1S/C22H22N2O2/c1-16-8-10-18(11-9-16)23-21(17-6-4-3-5-7-17)22(25)24-19-12-14-20(26-2)15-13-19/h3-15,21,23H,1-2H3,(H,24,25). The molecule has 3 aromatic carbocycles. The van der Waals surface area contributed by atoms with Crippen LogP contribution in [0.1, 0.15) is 17.2 Å². The smallest absolute Gasteiger partial charge is 0.251 e. The number of carbonyl (C=O) groups excluding carboxylic acids is 1. The van der Waals surface area contributed by atoms with Crippen LogP contribution < -0.4 is 15.4 Å². The van der Waals surface area contributed by atoms with Crippen molar-refractivity contribution in [2.24, 2.45) is 0 Å². The van der Waals surface area contributed by atoms with Gasteiger partial charge in [0.05, 0.1) is 7.11 Å². The minimum atomic E-state index is -0.499. The maximum absolute atomic E-state index is 12.9. The van der Waals surface area contributed by atoms with Gasteiger partial charge in [0.1, 0.15) is 11.8 Å². The van der Waals surface area contributed by atoms with Gasteiger partial charge in [-0.3, -0.25) is 4.79 Å². The Morgan fingerprint density at radius 3 is 2.08 bits per heavy atom. The molecule has 0 aliphatic heterocycles. The van der Waals surface area contributed by atoms with Crippen molar-refractivity contribution in [3.05, 3.63) is 90.0 Å². The first kappa shape index (κ1) is 17.5. The normalized spacial score (nSPS) is 11.5. The second-order valence-electron chi connectivity index (χ2n) is 6.07. The number of benzene rings is 3. The zero-order chi connectivity index (χ0) is 18.4. The van der Waals surface area contributed by atoms with Crippen molar-refractivity contribution in [1.82, 2.24) is 0 Å². The molecule has 4 heteroatoms. The highest BCUT2D eigenvalue weighted by Gasteiger charge is 2.20. The third-order valence-corrected chi connectivity index (χ3v) is 4.12. The molecule has 0 heterocycles. The van der Waals surface area contributed by atoms with Gasteiger partial charge in [0.25, 0.3) is 5.91 Å². The summed E-state index contributed by atoms with van der Waals surface area (Å²) in [6.07, 6.45) is 0. The first-order valence-electron chi connectivity index (χ1n) is 8.49. The predicted octanol–water partition coefficient (Wildman–Crippen LogP) is 4.80. The molecule has 1 atom stereocenters. The van der Waals surface area contributed by atoms with E-state index < -0.39 is 6.04 Å². The number of rotatable bonds is 6. The molecule has 132 valence electrons. The molecule has 0 bridgehead atoms. The number of ether oxygens (including phenoxy) is 1. The molecule has 26 heavy (non-hydrogen) atoms. The lowest BCUT2D eigenvalue weighted by Crippen LogP contribution is -2.27. The Kier molecular flexibility index (Phi) is 5.54. The van der Waals surface area contributed by atoms with Crippen molar-refractivity contribution < 1.29 is 9.53 Å². The summed E-state index contributed by atoms with van der Waals surface area (Å²) >= 11 is 0. The number of carbonyl (C=O) groups is 1. The third kappa shape index (κ3) is 4.42. The summed E-state index contributed by atoms with van der Waals surface area (Å²) < 4.78 is 5.15. The van der Waals surface area contributed by atoms with Crippen molar-refractivity contribution in [3.63, 3.8) is 0 Å². The van der Waals surface area contributed by atoms with E-state index in [4.69, 9.17) is 4.74 Å². The number of amides is 1. The lowest BCUT2D eigenvalue weighted by Gasteiger charge is -2.20. The largest absolute Gasteiger partial charge is 0.497 e. The van der Waals surface area contributed by atoms with Gasteiger partial charge in [0.15, 0.2) is 0 Å². The fraction of sp³-hybridized carbons (Fsp3) is 0.136. The molecule has 4 nitrogen and oxygen atoms in total. The number of anilines is 2. The average Bonchev–Trinajstić information content (AvgIpc) is 2.68. The summed E-state index contributed by atoms with van der Waals surface area (Å²) in [4.78, 5) is 12.9. The van der Waals surface area contributed by atoms with Crippen molar-refractivity contribution >= 4 is 17.3 Å². The van der Waals surface area contributed by atoms with Gasteiger partial charge in [0, 0.05) is 11.4 Å². The lowest BCUT2D eigenvalue weighted by molar-refractivity contribution is -0.117. The Morgan fingerprint density at radius 2 is 1.46 bits per heavy atom. The van der Waals surface area contributed by atoms with Crippen LogP contribution >= 0.6 is 0 Å². The zero-order valence-electron chi connectivity index (χ0n) is 14.9. The number of hydrogen-bond donors (Lipinski definition) is 2. The Hall–Kier alpha value is -3.27. The predicted molar refractivity (Wildman–Crippen MR) is 106 cm³/mol. The topological polar surface area (TPSA) is 50.4 Å². The summed E-state index contributed by atoms with van der Waals surface area (Å²) in [5, 5.41) is 6.29. The molecule has 3 rings (SSSR count). The summed E-state index contributed by atoms with van der Waals surface area (Å²) in [6.45, 7) is 2.04. The van der Waals surface area contributed by atoms with Crippen LogP contribution in [0.25, 0.3) is 0 Å². The summed E-state index contributed by atoms with van der Waals surface area (Å²) in [5.74, 6) is 0.627. The monoisotopic (exact) mass is 346 g/mol. The molecular formula is C22H22N2O2. The van der Waals surface area contributed by atoms with Crippen molar-refractivity contribution in [1.29, 1.82) is 0 Å². The van der Waals surface area contributed by atoms with Gasteiger partial charge in [-0.25, -0.2) is 0 Å². The molecule has 2 N–H and O–H groups in total. The van der Waals surface area contributed by atoms with E-state index in [1.807, 2.05) is 85.8 Å². The number of methoxy groups -OCH3 is 1. The van der Waals surface area contributed by atoms with E-state index >= 15 is 0 Å². The number of aryl methyl sites for hydroxylation is 1. The van der Waals surface area contributed by atoms with Crippen LogP contribution in [0, 0.1) is 6.92 Å². The second kappa shape index (κ2) is 8.21. The molecule has 1 amide bonds. The van der Waals surface area contributed by atoms with E-state index in [0.717, 1.165) is 22.7 Å². The van der Waals surface area contributed by atoms with Gasteiger partial charge in [0.2, 0.25) is 0 Å². The number of hydrogen-bond acceptors (Lipinski definition) is 3. The van der Waals surface area contributed by atoms with Gasteiger partial charge in [-0.05, 0) is 48.9 Å². The van der Waals surface area contributed by atoms with E-state index in [1.54, 1.807) is 7.11 Å². The quantitative estimate of drug-likeness (QED) is 0.674. The molecule has 0 aliphatic rings. The Balaban J connectivity index is 1.81. The van der Waals surface area contributed by atoms with Crippen LogP contribution in [0.5, 0.6) is 5.75 Å². The Bertz CT molecular complexity index is 844. The molecule has 0 radical (unpaired) electrons. The van der Waals surface area contributed by atoms with E-state index in [9.17, 15) is 4.79 Å². The fourth-order valence-electron chi connectivity index (χ4n) is 2.65. The van der Waals surface area contributed by atoms with Gasteiger partial charge in [-0.2, -0.15) is 0 Å². The first-order chi connectivity index (χ1) is 12.7. The maximum atomic E-state index is 12.9. The van der Waals surface area contributed by atoms with E-state index in [2.05, 4.69) is 10.6 Å². The highest BCUT2D eigenvalue weighted by Crippen LogP contribution is 2.23. The number of nitrogens with one attached hydrogen (secondary N) is 2. The second-order valence-corrected chi connectivity index (χ2v) is 6.07. The molecule has 0 spiro atoms. The fourth-order valence-corrected chi connectivity index (χ4v) is 2.65. The molecule has 0 fully saturated rings. The zero-order valence-corrected chi connectivity index (χ0v) is 14.9. The van der Waals surface area contributed by atoms with Crippen LogP contribution in [0.3, 0.4) is 0 Å². The molecule has 3 aromatic rings. The lowest BCUT2D eigenvalue weighted by atomic mass is 10.1. The minimum Gasteiger partial charge on any atom is -0.497 e. The van der Waals surface area contributed by atoms with Gasteiger partial charge < -0.3 is 15.4 Å². The average molecular weight is 346 g/mol. The highest BCUT2D eigenvalue weighted by molar-refractivity contribution is 5.97. The van der Waals surface area contributed by atoms with Crippen LogP contribution in [0.2, 0.25) is 0 Å². The van der Waals surface area contributed by atoms with Gasteiger partial charge in [-0.1, -0.05) is 48.0 Å². The van der Waals surface area contributed by atoms with Crippen LogP contribution in [-0.4, -0.2) is 13.0 Å². The Labute approximate surface area is 153 Å². The molecule has 0 aliphatic carbocycles. The highest BCUT2D eigenvalue weighted by atomic mass is 16.5. The van der Waals surface area contributed by atoms with Crippen molar-refractivity contribution in [2.45, 2.75) is 13.0 Å². The van der Waals surface area contributed by atoms with Crippen LogP contribution in [0.15, 0.2) is 78.9 Å². The van der Waals surface area contributed by atoms with Crippen LogP contribution in [-0.2, 0) is 4.79 Å². The summed E-state index contributed by atoms with van der Waals surface area (Å²) in [5.41, 5.74) is 3.70. The third-order valence-electron chi connectivity index (χ3n) is 4.12. The molecule has 0 saturated heterocycles. The van der Waals surface area contributed by atoms with Crippen LogP contribution in [0.4, 0.5) is 11.4 Å².